The van der Waals surface area contributed by atoms with Crippen molar-refractivity contribution in [2.45, 2.75) is 5.41 Å². The van der Waals surface area contributed by atoms with Crippen LogP contribution in [-0.4, -0.2) is 4.57 Å². The van der Waals surface area contributed by atoms with Crippen molar-refractivity contribution < 1.29 is 4.74 Å². The van der Waals surface area contributed by atoms with E-state index in [1.807, 2.05) is 6.07 Å². The number of nitrogens with zero attached hydrogens (tertiary/aromatic N) is 1. The van der Waals surface area contributed by atoms with Crippen LogP contribution in [0.5, 0.6) is 11.5 Å². The van der Waals surface area contributed by atoms with E-state index in [9.17, 15) is 0 Å². The van der Waals surface area contributed by atoms with Gasteiger partial charge >= 0.3 is 0 Å². The van der Waals surface area contributed by atoms with E-state index in [2.05, 4.69) is 132 Å². The van der Waals surface area contributed by atoms with Gasteiger partial charge in [0.1, 0.15) is 11.5 Å². The number of rotatable bonds is 1. The van der Waals surface area contributed by atoms with Gasteiger partial charge in [-0.2, -0.15) is 0 Å². The van der Waals surface area contributed by atoms with E-state index >= 15 is 0 Å². The Hall–Kier alpha value is -4.79. The summed E-state index contributed by atoms with van der Waals surface area (Å²) in [5.74, 6) is 1.77. The highest BCUT2D eigenvalue weighted by Crippen LogP contribution is 2.62. The van der Waals surface area contributed by atoms with E-state index in [1.165, 1.54) is 27.8 Å². The maximum absolute atomic E-state index is 6.77. The molecule has 2 heterocycles. The minimum atomic E-state index is -0.495. The molecule has 2 aliphatic rings. The fraction of sp³-hybridized carbons (Fsp3) is 0.0270. The maximum Gasteiger partial charge on any atom is 0.134 e. The molecule has 188 valence electrons. The lowest BCUT2D eigenvalue weighted by Gasteiger charge is -2.39. The highest BCUT2D eigenvalue weighted by molar-refractivity contribution is 6.32. The summed E-state index contributed by atoms with van der Waals surface area (Å²) in [5.41, 5.74) is 10.3. The normalized spacial score (nSPS) is 14.0. The van der Waals surface area contributed by atoms with E-state index in [-0.39, 0.29) is 0 Å². The molecule has 9 rings (SSSR count). The van der Waals surface area contributed by atoms with Crippen molar-refractivity contribution in [1.82, 2.24) is 4.57 Å². The first-order valence-electron chi connectivity index (χ1n) is 13.6. The largest absolute Gasteiger partial charge is 0.457 e. The molecule has 0 saturated carbocycles. The van der Waals surface area contributed by atoms with Gasteiger partial charge in [-0.05, 0) is 64.7 Å². The van der Waals surface area contributed by atoms with Crippen LogP contribution in [0.1, 0.15) is 22.3 Å². The predicted octanol–water partition coefficient (Wildman–Crippen LogP) is 9.91. The molecule has 3 heteroatoms. The molecular weight excluding hydrogens is 510 g/mol. The number of halogens is 1. The SMILES string of the molecule is Clc1ccc2c(c1)c1cc3c(cc1n2-c1ccccc1)Oc1ccccc1C31c2ccccc2-c2ccccc21. The fourth-order valence-electron chi connectivity index (χ4n) is 7.20. The predicted molar refractivity (Wildman–Crippen MR) is 163 cm³/mol. The van der Waals surface area contributed by atoms with Crippen molar-refractivity contribution >= 4 is 33.4 Å². The molecule has 7 aromatic rings. The summed E-state index contributed by atoms with van der Waals surface area (Å²) in [5, 5.41) is 3.01. The molecule has 0 radical (unpaired) electrons. The summed E-state index contributed by atoms with van der Waals surface area (Å²) < 4.78 is 9.09. The van der Waals surface area contributed by atoms with Gasteiger partial charge in [0.2, 0.25) is 0 Å². The molecule has 6 aromatic carbocycles. The summed E-state index contributed by atoms with van der Waals surface area (Å²) in [7, 11) is 0. The standard InChI is InChI=1S/C37H22ClNO/c38-23-18-19-33-27(20-23)28-21-32-36(22-34(28)39(33)24-10-2-1-3-11-24)40-35-17-9-8-16-31(35)37(32)29-14-6-4-12-25(29)26-13-5-7-15-30(26)37/h1-22H. The molecule has 0 bridgehead atoms. The topological polar surface area (TPSA) is 14.2 Å². The number of ether oxygens (including phenoxy) is 1. The molecule has 0 fully saturated rings. The molecule has 0 atom stereocenters. The van der Waals surface area contributed by atoms with Gasteiger partial charge in [0.15, 0.2) is 0 Å². The van der Waals surface area contributed by atoms with Crippen molar-refractivity contribution in [3.63, 3.8) is 0 Å². The second-order valence-electron chi connectivity index (χ2n) is 10.6. The van der Waals surface area contributed by atoms with Crippen molar-refractivity contribution in [3.05, 3.63) is 161 Å². The molecule has 1 aliphatic carbocycles. The first-order valence-corrected chi connectivity index (χ1v) is 13.9. The van der Waals surface area contributed by atoms with E-state index < -0.39 is 5.41 Å². The van der Waals surface area contributed by atoms with E-state index in [0.29, 0.717) is 0 Å². The van der Waals surface area contributed by atoms with E-state index in [1.54, 1.807) is 0 Å². The van der Waals surface area contributed by atoms with Crippen molar-refractivity contribution in [2.24, 2.45) is 0 Å². The Kier molecular flexibility index (Phi) is 4.35. The van der Waals surface area contributed by atoms with Gasteiger partial charge in [-0.3, -0.25) is 0 Å². The van der Waals surface area contributed by atoms with Crippen molar-refractivity contribution in [2.75, 3.05) is 0 Å². The highest BCUT2D eigenvalue weighted by atomic mass is 35.5. The molecule has 0 unspecified atom stereocenters. The van der Waals surface area contributed by atoms with Gasteiger partial charge in [-0.1, -0.05) is 96.5 Å². The summed E-state index contributed by atoms with van der Waals surface area (Å²) in [6, 6.07) is 47.4. The number of para-hydroxylation sites is 2. The zero-order valence-electron chi connectivity index (χ0n) is 21.4. The minimum Gasteiger partial charge on any atom is -0.457 e. The molecule has 1 aromatic heterocycles. The number of fused-ring (bicyclic) bond motifs is 12. The first kappa shape index (κ1) is 22.1. The van der Waals surface area contributed by atoms with Crippen LogP contribution in [0.15, 0.2) is 133 Å². The second-order valence-corrected chi connectivity index (χ2v) is 11.1. The summed E-state index contributed by atoms with van der Waals surface area (Å²) in [6.45, 7) is 0. The van der Waals surface area contributed by atoms with Crippen molar-refractivity contribution in [3.8, 4) is 28.3 Å². The van der Waals surface area contributed by atoms with E-state index in [0.717, 1.165) is 49.6 Å². The Morgan fingerprint density at radius 3 is 1.88 bits per heavy atom. The average molecular weight is 532 g/mol. The van der Waals surface area contributed by atoms with Gasteiger partial charge in [0, 0.05) is 38.7 Å². The third-order valence-electron chi connectivity index (χ3n) is 8.71. The molecule has 0 amide bonds. The molecule has 0 N–H and O–H groups in total. The lowest BCUT2D eigenvalue weighted by Crippen LogP contribution is -2.32. The molecule has 0 saturated heterocycles. The quantitative estimate of drug-likeness (QED) is 0.205. The van der Waals surface area contributed by atoms with Crippen LogP contribution < -0.4 is 4.74 Å². The van der Waals surface area contributed by atoms with Gasteiger partial charge in [0.05, 0.1) is 16.4 Å². The van der Waals surface area contributed by atoms with Gasteiger partial charge in [0.25, 0.3) is 0 Å². The van der Waals surface area contributed by atoms with Crippen LogP contribution in [0.2, 0.25) is 5.02 Å². The second kappa shape index (κ2) is 7.88. The highest BCUT2D eigenvalue weighted by Gasteiger charge is 2.51. The van der Waals surface area contributed by atoms with Gasteiger partial charge in [-0.25, -0.2) is 0 Å². The lowest BCUT2D eigenvalue weighted by atomic mass is 9.66. The molecular formula is C37H22ClNO. The monoisotopic (exact) mass is 531 g/mol. The third kappa shape index (κ3) is 2.69. The van der Waals surface area contributed by atoms with Crippen LogP contribution in [0.25, 0.3) is 38.6 Å². The Morgan fingerprint density at radius 2 is 1.12 bits per heavy atom. The molecule has 1 aliphatic heterocycles. The number of hydrogen-bond acceptors (Lipinski definition) is 1. The summed E-state index contributed by atoms with van der Waals surface area (Å²) in [6.07, 6.45) is 0. The van der Waals surface area contributed by atoms with Crippen molar-refractivity contribution in [1.29, 1.82) is 0 Å². The van der Waals surface area contributed by atoms with Crippen LogP contribution >= 0.6 is 11.6 Å². The zero-order valence-corrected chi connectivity index (χ0v) is 22.2. The summed E-state index contributed by atoms with van der Waals surface area (Å²) >= 11 is 6.61. The van der Waals surface area contributed by atoms with Gasteiger partial charge in [-0.15, -0.1) is 0 Å². The van der Waals surface area contributed by atoms with Crippen LogP contribution in [0.4, 0.5) is 0 Å². The fourth-order valence-corrected chi connectivity index (χ4v) is 7.37. The Morgan fingerprint density at radius 1 is 0.500 bits per heavy atom. The maximum atomic E-state index is 6.77. The number of benzene rings is 6. The zero-order chi connectivity index (χ0) is 26.4. The van der Waals surface area contributed by atoms with E-state index in [4.69, 9.17) is 16.3 Å². The number of aromatic nitrogens is 1. The van der Waals surface area contributed by atoms with Crippen LogP contribution in [0.3, 0.4) is 0 Å². The van der Waals surface area contributed by atoms with Crippen LogP contribution in [-0.2, 0) is 5.41 Å². The Bertz CT molecular complexity index is 2110. The Labute approximate surface area is 236 Å². The third-order valence-corrected chi connectivity index (χ3v) is 8.95. The molecule has 2 nitrogen and oxygen atoms in total. The number of hydrogen-bond donors (Lipinski definition) is 0. The smallest absolute Gasteiger partial charge is 0.134 e. The minimum absolute atomic E-state index is 0.495. The Balaban J connectivity index is 1.48. The average Bonchev–Trinajstić information content (AvgIpc) is 3.47. The first-order chi connectivity index (χ1) is 19.7. The summed E-state index contributed by atoms with van der Waals surface area (Å²) in [4.78, 5) is 0. The van der Waals surface area contributed by atoms with Crippen LogP contribution in [0, 0.1) is 0 Å². The lowest BCUT2D eigenvalue weighted by molar-refractivity contribution is 0.437. The molecule has 1 spiro atoms. The van der Waals surface area contributed by atoms with Gasteiger partial charge < -0.3 is 9.30 Å². The molecule has 40 heavy (non-hydrogen) atoms.